The molecule has 5 heteroatoms. The van der Waals surface area contributed by atoms with Crippen molar-refractivity contribution >= 4 is 22.1 Å². The summed E-state index contributed by atoms with van der Waals surface area (Å²) >= 11 is 0. The average Bonchev–Trinajstić information content (AvgIpc) is 2.38. The molecule has 0 saturated heterocycles. The number of nitro benzene ring substituents is 1. The largest absolute Gasteiger partial charge is 0.384 e. The molecule has 0 fully saturated rings. The van der Waals surface area contributed by atoms with Crippen LogP contribution in [0.1, 0.15) is 6.42 Å². The van der Waals surface area contributed by atoms with Gasteiger partial charge in [-0.1, -0.05) is 6.08 Å². The van der Waals surface area contributed by atoms with Gasteiger partial charge in [-0.3, -0.25) is 15.1 Å². The zero-order valence-corrected chi connectivity index (χ0v) is 9.80. The van der Waals surface area contributed by atoms with E-state index in [4.69, 9.17) is 0 Å². The predicted molar refractivity (Wildman–Crippen MR) is 71.7 cm³/mol. The molecule has 1 aromatic carbocycles. The van der Waals surface area contributed by atoms with E-state index in [2.05, 4.69) is 16.9 Å². The van der Waals surface area contributed by atoms with Gasteiger partial charge < -0.3 is 5.32 Å². The van der Waals surface area contributed by atoms with Gasteiger partial charge >= 0.3 is 0 Å². The van der Waals surface area contributed by atoms with Crippen LogP contribution in [0.15, 0.2) is 43.2 Å². The number of fused-ring (bicyclic) bond motifs is 1. The summed E-state index contributed by atoms with van der Waals surface area (Å²) < 4.78 is 0. The maximum atomic E-state index is 10.9. The summed E-state index contributed by atoms with van der Waals surface area (Å²) in [5, 5.41) is 15.5. The Morgan fingerprint density at radius 1 is 1.39 bits per heavy atom. The molecule has 0 bridgehead atoms. The van der Waals surface area contributed by atoms with Crippen molar-refractivity contribution in [1.29, 1.82) is 0 Å². The van der Waals surface area contributed by atoms with Crippen LogP contribution < -0.4 is 5.32 Å². The topological polar surface area (TPSA) is 68.1 Å². The van der Waals surface area contributed by atoms with E-state index in [9.17, 15) is 10.1 Å². The summed E-state index contributed by atoms with van der Waals surface area (Å²) in [4.78, 5) is 14.5. The van der Waals surface area contributed by atoms with Crippen LogP contribution in [-0.4, -0.2) is 16.5 Å². The third kappa shape index (κ3) is 2.29. The summed E-state index contributed by atoms with van der Waals surface area (Å²) in [6.07, 6.45) is 5.81. The zero-order chi connectivity index (χ0) is 13.0. The quantitative estimate of drug-likeness (QED) is 0.379. The van der Waals surface area contributed by atoms with Crippen molar-refractivity contribution in [3.63, 3.8) is 0 Å². The van der Waals surface area contributed by atoms with E-state index in [1.807, 2.05) is 6.08 Å². The van der Waals surface area contributed by atoms with Crippen LogP contribution in [0, 0.1) is 10.1 Å². The normalized spacial score (nSPS) is 10.2. The number of non-ortho nitro benzene ring substituents is 1. The Morgan fingerprint density at radius 2 is 2.22 bits per heavy atom. The van der Waals surface area contributed by atoms with Crippen molar-refractivity contribution in [3.8, 4) is 0 Å². The summed E-state index contributed by atoms with van der Waals surface area (Å²) in [6.45, 7) is 4.40. The van der Waals surface area contributed by atoms with E-state index >= 15 is 0 Å². The lowest BCUT2D eigenvalue weighted by molar-refractivity contribution is -0.383. The van der Waals surface area contributed by atoms with E-state index < -0.39 is 4.92 Å². The standard InChI is InChI=1S/C13H13N3O2/c1-2-3-7-15-12-4-5-13(16(17)18)11-9-14-8-6-10(11)12/h2,4-6,8-9,15H,1,3,7H2. The molecule has 0 aliphatic carbocycles. The summed E-state index contributed by atoms with van der Waals surface area (Å²) in [5.74, 6) is 0. The lowest BCUT2D eigenvalue weighted by Crippen LogP contribution is -2.01. The van der Waals surface area contributed by atoms with Gasteiger partial charge in [0.25, 0.3) is 5.69 Å². The van der Waals surface area contributed by atoms with Gasteiger partial charge in [-0.25, -0.2) is 0 Å². The molecule has 2 rings (SSSR count). The number of nitrogens with one attached hydrogen (secondary N) is 1. The molecule has 5 nitrogen and oxygen atoms in total. The minimum atomic E-state index is -0.391. The second-order valence-corrected chi connectivity index (χ2v) is 3.81. The third-order valence-corrected chi connectivity index (χ3v) is 2.66. The monoisotopic (exact) mass is 243 g/mol. The van der Waals surface area contributed by atoms with Crippen molar-refractivity contribution in [2.45, 2.75) is 6.42 Å². The van der Waals surface area contributed by atoms with Crippen LogP contribution in [0.4, 0.5) is 11.4 Å². The zero-order valence-electron chi connectivity index (χ0n) is 9.80. The number of benzene rings is 1. The van der Waals surface area contributed by atoms with Crippen LogP contribution in [0.2, 0.25) is 0 Å². The van der Waals surface area contributed by atoms with Gasteiger partial charge in [-0.15, -0.1) is 6.58 Å². The number of hydrogen-bond acceptors (Lipinski definition) is 4. The van der Waals surface area contributed by atoms with E-state index in [1.165, 1.54) is 12.3 Å². The predicted octanol–water partition coefficient (Wildman–Crippen LogP) is 3.13. The number of rotatable bonds is 5. The molecular formula is C13H13N3O2. The van der Waals surface area contributed by atoms with Crippen LogP contribution in [0.3, 0.4) is 0 Å². The molecule has 0 aliphatic rings. The fraction of sp³-hybridized carbons (Fsp3) is 0.154. The van der Waals surface area contributed by atoms with Gasteiger partial charge in [-0.2, -0.15) is 0 Å². The number of nitrogens with zero attached hydrogens (tertiary/aromatic N) is 2. The van der Waals surface area contributed by atoms with Crippen LogP contribution in [0.5, 0.6) is 0 Å². The molecule has 1 N–H and O–H groups in total. The van der Waals surface area contributed by atoms with Crippen LogP contribution in [0.25, 0.3) is 10.8 Å². The maximum Gasteiger partial charge on any atom is 0.278 e. The number of nitro groups is 1. The fourth-order valence-corrected chi connectivity index (χ4v) is 1.80. The van der Waals surface area contributed by atoms with E-state index in [0.29, 0.717) is 5.39 Å². The Hall–Kier alpha value is -2.43. The molecule has 0 atom stereocenters. The van der Waals surface area contributed by atoms with E-state index in [1.54, 1.807) is 18.3 Å². The molecule has 2 aromatic rings. The SMILES string of the molecule is C=CCCNc1ccc([N+](=O)[O-])c2cnccc12. The first-order valence-electron chi connectivity index (χ1n) is 5.60. The number of anilines is 1. The molecule has 1 aromatic heterocycles. The molecular weight excluding hydrogens is 230 g/mol. The Kier molecular flexibility index (Phi) is 3.52. The minimum Gasteiger partial charge on any atom is -0.384 e. The van der Waals surface area contributed by atoms with Crippen molar-refractivity contribution in [1.82, 2.24) is 4.98 Å². The number of pyridine rings is 1. The molecule has 0 amide bonds. The van der Waals surface area contributed by atoms with Gasteiger partial charge in [-0.05, 0) is 18.6 Å². The molecule has 0 saturated carbocycles. The highest BCUT2D eigenvalue weighted by molar-refractivity contribution is 5.99. The molecule has 92 valence electrons. The van der Waals surface area contributed by atoms with E-state index in [0.717, 1.165) is 24.0 Å². The van der Waals surface area contributed by atoms with Crippen LogP contribution >= 0.6 is 0 Å². The van der Waals surface area contributed by atoms with Crippen molar-refractivity contribution in [3.05, 3.63) is 53.4 Å². The third-order valence-electron chi connectivity index (χ3n) is 2.66. The number of hydrogen-bond donors (Lipinski definition) is 1. The molecule has 0 unspecified atom stereocenters. The number of aromatic nitrogens is 1. The maximum absolute atomic E-state index is 10.9. The Labute approximate surface area is 104 Å². The lowest BCUT2D eigenvalue weighted by Gasteiger charge is -2.08. The Bertz CT molecular complexity index is 596. The van der Waals surface area contributed by atoms with Crippen LogP contribution in [-0.2, 0) is 0 Å². The first kappa shape index (κ1) is 12.0. The Morgan fingerprint density at radius 3 is 2.94 bits per heavy atom. The molecule has 0 radical (unpaired) electrons. The highest BCUT2D eigenvalue weighted by atomic mass is 16.6. The van der Waals surface area contributed by atoms with Crippen molar-refractivity contribution < 1.29 is 4.92 Å². The first-order valence-corrected chi connectivity index (χ1v) is 5.60. The highest BCUT2D eigenvalue weighted by Gasteiger charge is 2.13. The first-order chi connectivity index (χ1) is 8.74. The summed E-state index contributed by atoms with van der Waals surface area (Å²) in [6, 6.07) is 5.00. The van der Waals surface area contributed by atoms with Gasteiger partial charge in [0.2, 0.25) is 0 Å². The summed E-state index contributed by atoms with van der Waals surface area (Å²) in [7, 11) is 0. The lowest BCUT2D eigenvalue weighted by atomic mass is 10.1. The molecule has 0 spiro atoms. The van der Waals surface area contributed by atoms with E-state index in [-0.39, 0.29) is 5.69 Å². The average molecular weight is 243 g/mol. The highest BCUT2D eigenvalue weighted by Crippen LogP contribution is 2.30. The molecule has 18 heavy (non-hydrogen) atoms. The minimum absolute atomic E-state index is 0.0763. The van der Waals surface area contributed by atoms with Crippen molar-refractivity contribution in [2.75, 3.05) is 11.9 Å². The van der Waals surface area contributed by atoms with Gasteiger partial charge in [0.1, 0.15) is 0 Å². The van der Waals surface area contributed by atoms with Gasteiger partial charge in [0.15, 0.2) is 0 Å². The summed E-state index contributed by atoms with van der Waals surface area (Å²) in [5.41, 5.74) is 0.951. The van der Waals surface area contributed by atoms with Crippen molar-refractivity contribution in [2.24, 2.45) is 0 Å². The second-order valence-electron chi connectivity index (χ2n) is 3.81. The molecule has 1 heterocycles. The van der Waals surface area contributed by atoms with Gasteiger partial charge in [0.05, 0.1) is 10.3 Å². The second kappa shape index (κ2) is 5.27. The fourth-order valence-electron chi connectivity index (χ4n) is 1.80. The molecule has 0 aliphatic heterocycles. The Balaban J connectivity index is 2.47. The smallest absolute Gasteiger partial charge is 0.278 e. The van der Waals surface area contributed by atoms with Gasteiger partial charge in [0, 0.05) is 36.1 Å².